The van der Waals surface area contributed by atoms with Gasteiger partial charge in [-0.3, -0.25) is 4.79 Å². The van der Waals surface area contributed by atoms with Crippen LogP contribution in [-0.2, 0) is 4.79 Å². The Kier molecular flexibility index (Phi) is 5.01. The van der Waals surface area contributed by atoms with Crippen molar-refractivity contribution in [2.75, 3.05) is 6.54 Å². The van der Waals surface area contributed by atoms with E-state index in [9.17, 15) is 22.4 Å². The fourth-order valence-corrected chi connectivity index (χ4v) is 1.99. The third-order valence-corrected chi connectivity index (χ3v) is 3.07. The molecule has 2 nitrogen and oxygen atoms in total. The summed E-state index contributed by atoms with van der Waals surface area (Å²) in [5.74, 6) is -1.12. The van der Waals surface area contributed by atoms with Crippen molar-refractivity contribution in [3.05, 3.63) is 30.1 Å². The SMILES string of the molecule is CC(Sc1ccc(F)cc1)C(=O)NCC(F)(F)F. The molecule has 1 atom stereocenters. The number of hydrogen-bond acceptors (Lipinski definition) is 2. The molecule has 1 rings (SSSR count). The lowest BCUT2D eigenvalue weighted by molar-refractivity contribution is -0.137. The summed E-state index contributed by atoms with van der Waals surface area (Å²) in [6.45, 7) is 0.139. The zero-order chi connectivity index (χ0) is 13.8. The van der Waals surface area contributed by atoms with Crippen molar-refractivity contribution in [1.29, 1.82) is 0 Å². The lowest BCUT2D eigenvalue weighted by Crippen LogP contribution is -2.37. The standard InChI is InChI=1S/C11H11F4NOS/c1-7(10(17)16-6-11(13,14)15)18-9-4-2-8(12)3-5-9/h2-5,7H,6H2,1H3,(H,16,17). The molecule has 0 saturated heterocycles. The summed E-state index contributed by atoms with van der Waals surface area (Å²) in [5, 5.41) is 1.11. The third kappa shape index (κ3) is 5.39. The first-order valence-corrected chi connectivity index (χ1v) is 5.92. The molecule has 1 amide bonds. The molecule has 0 aliphatic heterocycles. The Hall–Kier alpha value is -1.24. The maximum absolute atomic E-state index is 12.6. The number of benzene rings is 1. The number of carbonyl (C=O) groups is 1. The van der Waals surface area contributed by atoms with Crippen LogP contribution in [0.1, 0.15) is 6.92 Å². The summed E-state index contributed by atoms with van der Waals surface area (Å²) in [4.78, 5) is 12.0. The minimum Gasteiger partial charge on any atom is -0.346 e. The molecule has 0 radical (unpaired) electrons. The van der Waals surface area contributed by atoms with E-state index < -0.39 is 29.7 Å². The number of hydrogen-bond donors (Lipinski definition) is 1. The maximum Gasteiger partial charge on any atom is 0.405 e. The topological polar surface area (TPSA) is 29.1 Å². The van der Waals surface area contributed by atoms with Crippen molar-refractivity contribution in [3.8, 4) is 0 Å². The molecule has 1 aromatic carbocycles. The van der Waals surface area contributed by atoms with Crippen molar-refractivity contribution < 1.29 is 22.4 Å². The summed E-state index contributed by atoms with van der Waals surface area (Å²) in [6.07, 6.45) is -4.42. The monoisotopic (exact) mass is 281 g/mol. The summed E-state index contributed by atoms with van der Waals surface area (Å²) >= 11 is 1.06. The smallest absolute Gasteiger partial charge is 0.346 e. The van der Waals surface area contributed by atoms with E-state index in [0.717, 1.165) is 11.8 Å². The summed E-state index contributed by atoms with van der Waals surface area (Å²) in [6, 6.07) is 5.38. The number of carbonyl (C=O) groups excluding carboxylic acids is 1. The average Bonchev–Trinajstić information content (AvgIpc) is 2.28. The van der Waals surface area contributed by atoms with Gasteiger partial charge in [0, 0.05) is 4.90 Å². The normalized spacial score (nSPS) is 13.2. The largest absolute Gasteiger partial charge is 0.405 e. The van der Waals surface area contributed by atoms with E-state index in [0.29, 0.717) is 4.90 Å². The van der Waals surface area contributed by atoms with Crippen LogP contribution in [0.25, 0.3) is 0 Å². The molecule has 18 heavy (non-hydrogen) atoms. The molecule has 0 fully saturated rings. The highest BCUT2D eigenvalue weighted by molar-refractivity contribution is 8.00. The number of amides is 1. The van der Waals surface area contributed by atoms with Crippen LogP contribution in [0.15, 0.2) is 29.2 Å². The number of halogens is 4. The van der Waals surface area contributed by atoms with Gasteiger partial charge >= 0.3 is 6.18 Å². The minimum absolute atomic E-state index is 0.409. The summed E-state index contributed by atoms with van der Waals surface area (Å²) in [5.41, 5.74) is 0. The van der Waals surface area contributed by atoms with E-state index in [2.05, 4.69) is 0 Å². The van der Waals surface area contributed by atoms with Crippen LogP contribution in [0.5, 0.6) is 0 Å². The minimum atomic E-state index is -4.42. The van der Waals surface area contributed by atoms with Gasteiger partial charge in [0.2, 0.25) is 5.91 Å². The lowest BCUT2D eigenvalue weighted by Gasteiger charge is -2.13. The van der Waals surface area contributed by atoms with Crippen LogP contribution >= 0.6 is 11.8 Å². The molecule has 0 saturated carbocycles. The van der Waals surface area contributed by atoms with Gasteiger partial charge in [-0.15, -0.1) is 11.8 Å². The van der Waals surface area contributed by atoms with Crippen LogP contribution in [0.4, 0.5) is 17.6 Å². The van der Waals surface area contributed by atoms with Crippen molar-refractivity contribution in [2.24, 2.45) is 0 Å². The molecule has 0 spiro atoms. The average molecular weight is 281 g/mol. The Morgan fingerprint density at radius 1 is 1.33 bits per heavy atom. The first-order chi connectivity index (χ1) is 8.28. The Morgan fingerprint density at radius 2 is 1.89 bits per heavy atom. The highest BCUT2D eigenvalue weighted by Crippen LogP contribution is 2.23. The third-order valence-electron chi connectivity index (χ3n) is 1.96. The van der Waals surface area contributed by atoms with Crippen LogP contribution in [-0.4, -0.2) is 23.9 Å². The van der Waals surface area contributed by atoms with Crippen molar-refractivity contribution in [3.63, 3.8) is 0 Å². The van der Waals surface area contributed by atoms with Gasteiger partial charge < -0.3 is 5.32 Å². The Bertz CT molecular complexity index is 404. The molecule has 1 aromatic rings. The number of alkyl halides is 3. The first-order valence-electron chi connectivity index (χ1n) is 5.04. The van der Waals surface area contributed by atoms with Crippen molar-refractivity contribution in [1.82, 2.24) is 5.32 Å². The van der Waals surface area contributed by atoms with Crippen LogP contribution in [0.2, 0.25) is 0 Å². The fourth-order valence-electron chi connectivity index (χ4n) is 1.10. The van der Waals surface area contributed by atoms with E-state index >= 15 is 0 Å². The second kappa shape index (κ2) is 6.08. The van der Waals surface area contributed by atoms with Gasteiger partial charge in [-0.25, -0.2) is 4.39 Å². The maximum atomic E-state index is 12.6. The van der Waals surface area contributed by atoms with E-state index in [1.807, 2.05) is 0 Å². The fraction of sp³-hybridized carbons (Fsp3) is 0.364. The number of nitrogens with one attached hydrogen (secondary N) is 1. The van der Waals surface area contributed by atoms with Crippen molar-refractivity contribution in [2.45, 2.75) is 23.2 Å². The molecule has 1 N–H and O–H groups in total. The molecule has 0 aliphatic rings. The second-order valence-electron chi connectivity index (χ2n) is 3.55. The molecular formula is C11H11F4NOS. The molecule has 1 unspecified atom stereocenters. The lowest BCUT2D eigenvalue weighted by atomic mass is 10.3. The highest BCUT2D eigenvalue weighted by Gasteiger charge is 2.28. The van der Waals surface area contributed by atoms with Crippen LogP contribution < -0.4 is 5.32 Å². The molecule has 100 valence electrons. The van der Waals surface area contributed by atoms with Gasteiger partial charge in [0.15, 0.2) is 0 Å². The van der Waals surface area contributed by atoms with Gasteiger partial charge in [0.05, 0.1) is 5.25 Å². The van der Waals surface area contributed by atoms with Crippen LogP contribution in [0.3, 0.4) is 0 Å². The van der Waals surface area contributed by atoms with Gasteiger partial charge in [0.1, 0.15) is 12.4 Å². The zero-order valence-electron chi connectivity index (χ0n) is 9.42. The number of thioether (sulfide) groups is 1. The molecule has 7 heteroatoms. The Balaban J connectivity index is 2.47. The van der Waals surface area contributed by atoms with Gasteiger partial charge in [-0.2, -0.15) is 13.2 Å². The second-order valence-corrected chi connectivity index (χ2v) is 4.96. The van der Waals surface area contributed by atoms with Gasteiger partial charge in [0.25, 0.3) is 0 Å². The molecular weight excluding hydrogens is 270 g/mol. The van der Waals surface area contributed by atoms with Gasteiger partial charge in [-0.05, 0) is 31.2 Å². The first kappa shape index (κ1) is 14.8. The van der Waals surface area contributed by atoms with Crippen molar-refractivity contribution >= 4 is 17.7 Å². The predicted octanol–water partition coefficient (Wildman–Crippen LogP) is 2.98. The molecule has 0 bridgehead atoms. The Morgan fingerprint density at radius 3 is 2.39 bits per heavy atom. The zero-order valence-corrected chi connectivity index (χ0v) is 10.2. The molecule has 0 aromatic heterocycles. The highest BCUT2D eigenvalue weighted by atomic mass is 32.2. The molecule has 0 heterocycles. The quantitative estimate of drug-likeness (QED) is 0.679. The van der Waals surface area contributed by atoms with E-state index in [-0.39, 0.29) is 0 Å². The van der Waals surface area contributed by atoms with E-state index in [1.165, 1.54) is 31.2 Å². The Labute approximate surface area is 106 Å². The van der Waals surface area contributed by atoms with E-state index in [1.54, 1.807) is 5.32 Å². The molecule has 0 aliphatic carbocycles. The summed E-state index contributed by atoms with van der Waals surface area (Å²) in [7, 11) is 0. The van der Waals surface area contributed by atoms with Crippen LogP contribution in [0, 0.1) is 5.82 Å². The predicted molar refractivity (Wildman–Crippen MR) is 60.8 cm³/mol. The van der Waals surface area contributed by atoms with Gasteiger partial charge in [-0.1, -0.05) is 0 Å². The van der Waals surface area contributed by atoms with E-state index in [4.69, 9.17) is 0 Å². The number of rotatable bonds is 4. The summed E-state index contributed by atoms with van der Waals surface area (Å²) < 4.78 is 48.3.